The van der Waals surface area contributed by atoms with Gasteiger partial charge in [-0.2, -0.15) is 0 Å². The van der Waals surface area contributed by atoms with Crippen LogP contribution in [0.15, 0.2) is 18.2 Å². The van der Waals surface area contributed by atoms with Gasteiger partial charge in [-0.25, -0.2) is 4.39 Å². The second kappa shape index (κ2) is 5.15. The second-order valence-electron chi connectivity index (χ2n) is 4.59. The summed E-state index contributed by atoms with van der Waals surface area (Å²) in [7, 11) is 0. The fourth-order valence-electron chi connectivity index (χ4n) is 2.05. The first-order chi connectivity index (χ1) is 7.68. The molecular formula is C13H17ClFN. The Balaban J connectivity index is 1.84. The molecule has 1 fully saturated rings. The molecule has 1 aliphatic rings. The van der Waals surface area contributed by atoms with Crippen molar-refractivity contribution in [3.8, 4) is 0 Å². The van der Waals surface area contributed by atoms with Crippen molar-refractivity contribution in [1.29, 1.82) is 0 Å². The Labute approximate surface area is 101 Å². The molecule has 0 aromatic heterocycles. The minimum atomic E-state index is -0.201. The van der Waals surface area contributed by atoms with Crippen molar-refractivity contribution in [3.05, 3.63) is 34.6 Å². The third-order valence-corrected chi connectivity index (χ3v) is 3.61. The van der Waals surface area contributed by atoms with Gasteiger partial charge in [-0.05, 0) is 50.2 Å². The van der Waals surface area contributed by atoms with Crippen LogP contribution in [-0.4, -0.2) is 6.04 Å². The Kier molecular flexibility index (Phi) is 3.82. The molecule has 0 bridgehead atoms. The average molecular weight is 242 g/mol. The minimum Gasteiger partial charge on any atom is -0.327 e. The van der Waals surface area contributed by atoms with Gasteiger partial charge in [0.25, 0.3) is 0 Å². The Morgan fingerprint density at radius 2 is 2.19 bits per heavy atom. The van der Waals surface area contributed by atoms with Crippen molar-refractivity contribution in [2.24, 2.45) is 11.7 Å². The molecule has 16 heavy (non-hydrogen) atoms. The topological polar surface area (TPSA) is 26.0 Å². The van der Waals surface area contributed by atoms with Gasteiger partial charge in [0.1, 0.15) is 5.82 Å². The highest BCUT2D eigenvalue weighted by Crippen LogP contribution is 2.33. The maximum absolute atomic E-state index is 13.4. The monoisotopic (exact) mass is 241 g/mol. The van der Waals surface area contributed by atoms with Gasteiger partial charge in [0, 0.05) is 16.6 Å². The Morgan fingerprint density at radius 3 is 2.81 bits per heavy atom. The second-order valence-corrected chi connectivity index (χ2v) is 5.00. The van der Waals surface area contributed by atoms with E-state index in [0.717, 1.165) is 18.8 Å². The highest BCUT2D eigenvalue weighted by Gasteiger charge is 2.27. The van der Waals surface area contributed by atoms with Crippen LogP contribution in [0.1, 0.15) is 31.2 Å². The summed E-state index contributed by atoms with van der Waals surface area (Å²) in [5.74, 6) is 0.517. The van der Waals surface area contributed by atoms with Crippen LogP contribution in [0.5, 0.6) is 0 Å². The molecule has 2 rings (SSSR count). The van der Waals surface area contributed by atoms with Gasteiger partial charge < -0.3 is 5.73 Å². The van der Waals surface area contributed by atoms with Crippen LogP contribution in [0.4, 0.5) is 4.39 Å². The van der Waals surface area contributed by atoms with E-state index in [2.05, 4.69) is 0 Å². The van der Waals surface area contributed by atoms with Gasteiger partial charge in [0.15, 0.2) is 0 Å². The van der Waals surface area contributed by atoms with Gasteiger partial charge in [-0.15, -0.1) is 0 Å². The number of benzene rings is 1. The first kappa shape index (κ1) is 11.9. The van der Waals surface area contributed by atoms with E-state index in [1.807, 2.05) is 0 Å². The van der Waals surface area contributed by atoms with E-state index in [0.29, 0.717) is 23.0 Å². The molecular weight excluding hydrogens is 225 g/mol. The molecule has 88 valence electrons. The van der Waals surface area contributed by atoms with E-state index >= 15 is 0 Å². The number of nitrogens with two attached hydrogens (primary N) is 1. The van der Waals surface area contributed by atoms with Crippen LogP contribution in [0.2, 0.25) is 5.02 Å². The van der Waals surface area contributed by atoms with Crippen LogP contribution in [-0.2, 0) is 6.42 Å². The molecule has 0 spiro atoms. The van der Waals surface area contributed by atoms with Gasteiger partial charge in [-0.3, -0.25) is 0 Å². The molecule has 0 aliphatic heterocycles. The lowest BCUT2D eigenvalue weighted by molar-refractivity contribution is 0.521. The number of rotatable bonds is 5. The average Bonchev–Trinajstić information content (AvgIpc) is 3.05. The van der Waals surface area contributed by atoms with E-state index in [1.54, 1.807) is 12.1 Å². The van der Waals surface area contributed by atoms with Crippen LogP contribution in [0, 0.1) is 11.7 Å². The van der Waals surface area contributed by atoms with Gasteiger partial charge in [-0.1, -0.05) is 17.7 Å². The highest BCUT2D eigenvalue weighted by atomic mass is 35.5. The normalized spacial score (nSPS) is 17.4. The molecule has 0 saturated heterocycles. The van der Waals surface area contributed by atoms with E-state index in [9.17, 15) is 4.39 Å². The minimum absolute atomic E-state index is 0.201. The summed E-state index contributed by atoms with van der Waals surface area (Å²) in [6.45, 7) is 0. The van der Waals surface area contributed by atoms with Crippen molar-refractivity contribution in [2.75, 3.05) is 0 Å². The molecule has 2 N–H and O–H groups in total. The number of halogens is 2. The Hall–Kier alpha value is -0.600. The van der Waals surface area contributed by atoms with Crippen LogP contribution in [0.3, 0.4) is 0 Å². The van der Waals surface area contributed by atoms with E-state index < -0.39 is 0 Å². The summed E-state index contributed by atoms with van der Waals surface area (Å²) in [5.41, 5.74) is 6.62. The Bertz CT molecular complexity index is 343. The van der Waals surface area contributed by atoms with Crippen molar-refractivity contribution in [1.82, 2.24) is 0 Å². The molecule has 3 heteroatoms. The third kappa shape index (κ3) is 2.96. The van der Waals surface area contributed by atoms with Crippen molar-refractivity contribution >= 4 is 11.6 Å². The quantitative estimate of drug-likeness (QED) is 0.839. The molecule has 1 nitrogen and oxygen atoms in total. The maximum atomic E-state index is 13.4. The molecule has 1 aliphatic carbocycles. The first-order valence-corrected chi connectivity index (χ1v) is 6.24. The summed E-state index contributed by atoms with van der Waals surface area (Å²) >= 11 is 5.95. The number of hydrogen-bond donors (Lipinski definition) is 1. The first-order valence-electron chi connectivity index (χ1n) is 5.87. The van der Waals surface area contributed by atoms with Gasteiger partial charge in [0.2, 0.25) is 0 Å². The van der Waals surface area contributed by atoms with Crippen molar-refractivity contribution in [2.45, 2.75) is 38.1 Å². The lowest BCUT2D eigenvalue weighted by Gasteiger charge is -2.10. The lowest BCUT2D eigenvalue weighted by Crippen LogP contribution is -2.22. The van der Waals surface area contributed by atoms with Crippen molar-refractivity contribution < 1.29 is 4.39 Å². The van der Waals surface area contributed by atoms with E-state index in [-0.39, 0.29) is 5.82 Å². The van der Waals surface area contributed by atoms with E-state index in [4.69, 9.17) is 17.3 Å². The summed E-state index contributed by atoms with van der Waals surface area (Å²) in [5, 5.41) is 0.528. The zero-order valence-electron chi connectivity index (χ0n) is 9.26. The zero-order valence-corrected chi connectivity index (χ0v) is 10.0. The third-order valence-electron chi connectivity index (χ3n) is 3.25. The molecule has 1 aromatic rings. The standard InChI is InChI=1S/C13H17ClFN/c14-11-4-2-5-12(15)10(11)3-1-6-13(16)9-7-8-9/h2,4-5,9,13H,1,3,6-8,16H2. The van der Waals surface area contributed by atoms with Crippen LogP contribution < -0.4 is 5.73 Å². The predicted molar refractivity (Wildman–Crippen MR) is 65.0 cm³/mol. The molecule has 1 atom stereocenters. The predicted octanol–water partition coefficient (Wildman–Crippen LogP) is 3.54. The fraction of sp³-hybridized carbons (Fsp3) is 0.538. The van der Waals surface area contributed by atoms with Gasteiger partial charge in [0.05, 0.1) is 0 Å². The zero-order chi connectivity index (χ0) is 11.5. The Morgan fingerprint density at radius 1 is 1.44 bits per heavy atom. The maximum Gasteiger partial charge on any atom is 0.127 e. The molecule has 0 radical (unpaired) electrons. The molecule has 1 aromatic carbocycles. The van der Waals surface area contributed by atoms with Crippen molar-refractivity contribution in [3.63, 3.8) is 0 Å². The van der Waals surface area contributed by atoms with Crippen LogP contribution in [0.25, 0.3) is 0 Å². The molecule has 0 amide bonds. The molecule has 1 saturated carbocycles. The van der Waals surface area contributed by atoms with Gasteiger partial charge >= 0.3 is 0 Å². The van der Waals surface area contributed by atoms with Crippen LogP contribution >= 0.6 is 11.6 Å². The highest BCUT2D eigenvalue weighted by molar-refractivity contribution is 6.31. The fourth-order valence-corrected chi connectivity index (χ4v) is 2.30. The number of hydrogen-bond acceptors (Lipinski definition) is 1. The summed E-state index contributed by atoms with van der Waals surface area (Å²) in [4.78, 5) is 0. The SMILES string of the molecule is NC(CCCc1c(F)cccc1Cl)C1CC1. The summed E-state index contributed by atoms with van der Waals surface area (Å²) in [6, 6.07) is 5.13. The lowest BCUT2D eigenvalue weighted by atomic mass is 10.0. The molecule has 0 heterocycles. The summed E-state index contributed by atoms with van der Waals surface area (Å²) in [6.07, 6.45) is 5.10. The summed E-state index contributed by atoms with van der Waals surface area (Å²) < 4.78 is 13.4. The smallest absolute Gasteiger partial charge is 0.127 e. The largest absolute Gasteiger partial charge is 0.327 e. The van der Waals surface area contributed by atoms with E-state index in [1.165, 1.54) is 18.9 Å². The molecule has 1 unspecified atom stereocenters.